The van der Waals surface area contributed by atoms with Gasteiger partial charge in [0.05, 0.1) is 12.7 Å². The van der Waals surface area contributed by atoms with Crippen LogP contribution in [0.4, 0.5) is 0 Å². The van der Waals surface area contributed by atoms with Crippen LogP contribution in [-0.2, 0) is 16.1 Å². The summed E-state index contributed by atoms with van der Waals surface area (Å²) in [5, 5.41) is 0. The van der Waals surface area contributed by atoms with Crippen molar-refractivity contribution in [3.8, 4) is 0 Å². The molecular weight excluding hydrogens is 336 g/mol. The number of nitrogens with zero attached hydrogens (tertiary/aromatic N) is 1. The molecule has 2 rings (SSSR count). The number of halogens is 1. The number of amides is 1. The molecule has 6 heteroatoms. The molecule has 0 spiro atoms. The van der Waals surface area contributed by atoms with E-state index in [0.717, 1.165) is 42.5 Å². The Hall–Kier alpha value is -1.40. The smallest absolute Gasteiger partial charge is 0.337 e. The van der Waals surface area contributed by atoms with Gasteiger partial charge in [0.1, 0.15) is 0 Å². The van der Waals surface area contributed by atoms with E-state index in [1.807, 2.05) is 6.07 Å². The largest absolute Gasteiger partial charge is 0.465 e. The summed E-state index contributed by atoms with van der Waals surface area (Å²) in [6, 6.07) is 5.47. The number of benzene rings is 1. The van der Waals surface area contributed by atoms with E-state index in [4.69, 9.17) is 10.5 Å². The van der Waals surface area contributed by atoms with Gasteiger partial charge in [-0.25, -0.2) is 4.79 Å². The summed E-state index contributed by atoms with van der Waals surface area (Å²) in [4.78, 5) is 24.9. The van der Waals surface area contributed by atoms with E-state index in [2.05, 4.69) is 20.8 Å². The van der Waals surface area contributed by atoms with Gasteiger partial charge in [-0.1, -0.05) is 22.0 Å². The Kier molecular flexibility index (Phi) is 5.36. The van der Waals surface area contributed by atoms with Gasteiger partial charge in [0.2, 0.25) is 5.91 Å². The van der Waals surface area contributed by atoms with Gasteiger partial charge in [0.15, 0.2) is 0 Å². The Bertz CT molecular complexity index is 540. The number of carbonyl (C=O) groups excluding carboxylic acids is 2. The quantitative estimate of drug-likeness (QED) is 0.838. The van der Waals surface area contributed by atoms with Crippen molar-refractivity contribution in [1.82, 2.24) is 4.90 Å². The SMILES string of the molecule is COC(=O)c1ccc(CN2CCC(C(N)=O)CC2)c(Br)c1. The fourth-order valence-electron chi connectivity index (χ4n) is 2.54. The van der Waals surface area contributed by atoms with Crippen LogP contribution in [-0.4, -0.2) is 37.0 Å². The standard InChI is InChI=1S/C15H19BrN2O3/c1-21-15(20)11-2-3-12(13(16)8-11)9-18-6-4-10(5-7-18)14(17)19/h2-3,8,10H,4-7,9H2,1H3,(H2,17,19). The number of methoxy groups -OCH3 is 1. The first-order chi connectivity index (χ1) is 10.0. The normalized spacial score (nSPS) is 16.7. The number of ether oxygens (including phenoxy) is 1. The first-order valence-electron chi connectivity index (χ1n) is 6.89. The summed E-state index contributed by atoms with van der Waals surface area (Å²) in [6.07, 6.45) is 1.63. The van der Waals surface area contributed by atoms with Gasteiger partial charge in [-0.2, -0.15) is 0 Å². The fraction of sp³-hybridized carbons (Fsp3) is 0.467. The van der Waals surface area contributed by atoms with E-state index in [9.17, 15) is 9.59 Å². The van der Waals surface area contributed by atoms with Crippen LogP contribution in [0.2, 0.25) is 0 Å². The molecule has 1 aromatic carbocycles. The summed E-state index contributed by atoms with van der Waals surface area (Å²) < 4.78 is 5.59. The van der Waals surface area contributed by atoms with Crippen molar-refractivity contribution >= 4 is 27.8 Å². The molecule has 0 unspecified atom stereocenters. The third-order valence-electron chi connectivity index (χ3n) is 3.86. The molecule has 0 saturated carbocycles. The number of hydrogen-bond donors (Lipinski definition) is 1. The maximum Gasteiger partial charge on any atom is 0.337 e. The van der Waals surface area contributed by atoms with Gasteiger partial charge >= 0.3 is 5.97 Å². The fourth-order valence-corrected chi connectivity index (χ4v) is 3.04. The van der Waals surface area contributed by atoms with Gasteiger partial charge in [-0.3, -0.25) is 9.69 Å². The minimum Gasteiger partial charge on any atom is -0.465 e. The number of nitrogens with two attached hydrogens (primary N) is 1. The van der Waals surface area contributed by atoms with Gasteiger partial charge in [0.25, 0.3) is 0 Å². The Morgan fingerprint density at radius 2 is 2.05 bits per heavy atom. The van der Waals surface area contributed by atoms with E-state index in [0.29, 0.717) is 5.56 Å². The molecule has 1 aliphatic heterocycles. The predicted molar refractivity (Wildman–Crippen MR) is 82.7 cm³/mol. The lowest BCUT2D eigenvalue weighted by Crippen LogP contribution is -2.38. The highest BCUT2D eigenvalue weighted by molar-refractivity contribution is 9.10. The molecule has 0 radical (unpaired) electrons. The summed E-state index contributed by atoms with van der Waals surface area (Å²) in [6.45, 7) is 2.51. The lowest BCUT2D eigenvalue weighted by Gasteiger charge is -2.30. The lowest BCUT2D eigenvalue weighted by atomic mass is 9.96. The first kappa shape index (κ1) is 16.0. The van der Waals surface area contributed by atoms with Crippen molar-refractivity contribution < 1.29 is 14.3 Å². The molecular formula is C15H19BrN2O3. The van der Waals surface area contributed by atoms with E-state index >= 15 is 0 Å². The van der Waals surface area contributed by atoms with Gasteiger partial charge in [0, 0.05) is 16.9 Å². The minimum absolute atomic E-state index is 0.00592. The minimum atomic E-state index is -0.343. The van der Waals surface area contributed by atoms with Crippen LogP contribution in [0.5, 0.6) is 0 Å². The molecule has 5 nitrogen and oxygen atoms in total. The molecule has 0 aliphatic carbocycles. The molecule has 2 N–H and O–H groups in total. The maximum absolute atomic E-state index is 11.5. The zero-order valence-electron chi connectivity index (χ0n) is 12.0. The molecule has 0 bridgehead atoms. The third kappa shape index (κ3) is 4.04. The molecule has 1 aliphatic rings. The van der Waals surface area contributed by atoms with Crippen LogP contribution in [0.25, 0.3) is 0 Å². The van der Waals surface area contributed by atoms with Crippen LogP contribution in [0.1, 0.15) is 28.8 Å². The highest BCUT2D eigenvalue weighted by Gasteiger charge is 2.23. The van der Waals surface area contributed by atoms with Gasteiger partial charge in [-0.05, 0) is 43.6 Å². The summed E-state index contributed by atoms with van der Waals surface area (Å²) in [7, 11) is 1.37. The number of primary amides is 1. The van der Waals surface area contributed by atoms with Crippen molar-refractivity contribution in [2.45, 2.75) is 19.4 Å². The van der Waals surface area contributed by atoms with E-state index < -0.39 is 0 Å². The van der Waals surface area contributed by atoms with Crippen LogP contribution in [0.15, 0.2) is 22.7 Å². The zero-order valence-corrected chi connectivity index (χ0v) is 13.6. The molecule has 1 heterocycles. The van der Waals surface area contributed by atoms with Crippen LogP contribution in [0, 0.1) is 5.92 Å². The second-order valence-corrected chi connectivity index (χ2v) is 6.10. The Labute approximate surface area is 132 Å². The van der Waals surface area contributed by atoms with Crippen molar-refractivity contribution in [3.63, 3.8) is 0 Å². The molecule has 1 amide bonds. The number of piperidine rings is 1. The van der Waals surface area contributed by atoms with Crippen LogP contribution in [0.3, 0.4) is 0 Å². The van der Waals surface area contributed by atoms with Crippen LogP contribution < -0.4 is 5.73 Å². The Morgan fingerprint density at radius 1 is 1.38 bits per heavy atom. The van der Waals surface area contributed by atoms with Crippen molar-refractivity contribution in [3.05, 3.63) is 33.8 Å². The highest BCUT2D eigenvalue weighted by Crippen LogP contribution is 2.24. The van der Waals surface area contributed by atoms with E-state index in [1.54, 1.807) is 12.1 Å². The molecule has 1 fully saturated rings. The zero-order chi connectivity index (χ0) is 15.4. The lowest BCUT2D eigenvalue weighted by molar-refractivity contribution is -0.123. The van der Waals surface area contributed by atoms with Crippen LogP contribution >= 0.6 is 15.9 Å². The molecule has 1 aromatic rings. The summed E-state index contributed by atoms with van der Waals surface area (Å²) in [5.41, 5.74) is 6.98. The van der Waals surface area contributed by atoms with Gasteiger partial charge < -0.3 is 10.5 Å². The first-order valence-corrected chi connectivity index (χ1v) is 7.69. The summed E-state index contributed by atoms with van der Waals surface area (Å²) >= 11 is 3.50. The topological polar surface area (TPSA) is 72.6 Å². The second kappa shape index (κ2) is 7.04. The van der Waals surface area contributed by atoms with Gasteiger partial charge in [-0.15, -0.1) is 0 Å². The van der Waals surface area contributed by atoms with E-state index in [-0.39, 0.29) is 17.8 Å². The Morgan fingerprint density at radius 3 is 2.57 bits per heavy atom. The third-order valence-corrected chi connectivity index (χ3v) is 4.60. The Balaban J connectivity index is 1.98. The summed E-state index contributed by atoms with van der Waals surface area (Å²) in [5.74, 6) is -0.533. The molecule has 21 heavy (non-hydrogen) atoms. The highest BCUT2D eigenvalue weighted by atomic mass is 79.9. The number of likely N-dealkylation sites (tertiary alicyclic amines) is 1. The second-order valence-electron chi connectivity index (χ2n) is 5.25. The molecule has 114 valence electrons. The van der Waals surface area contributed by atoms with Crippen molar-refractivity contribution in [1.29, 1.82) is 0 Å². The van der Waals surface area contributed by atoms with Crippen molar-refractivity contribution in [2.24, 2.45) is 11.7 Å². The average Bonchev–Trinajstić information content (AvgIpc) is 2.49. The number of esters is 1. The monoisotopic (exact) mass is 354 g/mol. The molecule has 0 atom stereocenters. The number of hydrogen-bond acceptors (Lipinski definition) is 4. The predicted octanol–water partition coefficient (Wildman–Crippen LogP) is 1.93. The molecule has 0 aromatic heterocycles. The van der Waals surface area contributed by atoms with E-state index in [1.165, 1.54) is 7.11 Å². The number of rotatable bonds is 4. The number of carbonyl (C=O) groups is 2. The van der Waals surface area contributed by atoms with Crippen molar-refractivity contribution in [2.75, 3.05) is 20.2 Å². The maximum atomic E-state index is 11.5. The molecule has 1 saturated heterocycles. The average molecular weight is 355 g/mol.